The number of carbonyl (C=O) groups excluding carboxylic acids is 1. The third-order valence-electron chi connectivity index (χ3n) is 16.6. The van der Waals surface area contributed by atoms with E-state index in [1.807, 2.05) is 72.8 Å². The number of hydrogen-bond donors (Lipinski definition) is 0. The molecule has 0 radical (unpaired) electrons. The minimum absolute atomic E-state index is 0.230. The van der Waals surface area contributed by atoms with E-state index in [9.17, 15) is 4.79 Å². The summed E-state index contributed by atoms with van der Waals surface area (Å²) in [6, 6.07) is 27.5. The molecule has 0 amide bonds. The molecule has 0 saturated carbocycles. The van der Waals surface area contributed by atoms with E-state index < -0.39 is 5.97 Å². The maximum Gasteiger partial charge on any atom is 0.338 e. The zero-order chi connectivity index (χ0) is 59.5. The fourth-order valence-electron chi connectivity index (χ4n) is 10.8. The summed E-state index contributed by atoms with van der Waals surface area (Å²) in [5.41, 5.74) is 3.14. The van der Waals surface area contributed by atoms with Gasteiger partial charge in [-0.05, 0) is 138 Å². The predicted molar refractivity (Wildman–Crippen MR) is 343 cm³/mol. The third kappa shape index (κ3) is 30.6. The maximum absolute atomic E-state index is 13.2. The first kappa shape index (κ1) is 69.6. The molecule has 460 valence electrons. The molecule has 0 aromatic heterocycles. The third-order valence-corrected chi connectivity index (χ3v) is 16.6. The Morgan fingerprint density at radius 3 is 0.854 bits per heavy atom. The lowest BCUT2D eigenvalue weighted by atomic mass is 9.93. The highest BCUT2D eigenvalue weighted by molar-refractivity contribution is 5.91. The lowest BCUT2D eigenvalue weighted by Gasteiger charge is -2.19. The van der Waals surface area contributed by atoms with Crippen LogP contribution < -0.4 is 28.4 Å². The summed E-state index contributed by atoms with van der Waals surface area (Å²) in [6.45, 7) is 31.0. The van der Waals surface area contributed by atoms with Crippen LogP contribution in [0, 0.1) is 53.3 Å². The molecule has 4 aromatic rings. The Bertz CT molecular complexity index is 2140. The normalized spacial score (nSPS) is 13.9. The molecule has 82 heavy (non-hydrogen) atoms. The zero-order valence-corrected chi connectivity index (χ0v) is 54.1. The van der Waals surface area contributed by atoms with E-state index >= 15 is 0 Å². The van der Waals surface area contributed by atoms with Crippen LogP contribution in [0.25, 0.3) is 0 Å². The molecule has 8 nitrogen and oxygen atoms in total. The van der Waals surface area contributed by atoms with Crippen molar-refractivity contribution in [2.24, 2.45) is 53.3 Å². The summed E-state index contributed by atoms with van der Waals surface area (Å²) in [4.78, 5) is 13.2. The second-order valence-electron chi connectivity index (χ2n) is 26.4. The molecule has 8 heteroatoms. The van der Waals surface area contributed by atoms with Crippen LogP contribution in [-0.4, -0.2) is 32.9 Å². The molecule has 4 rings (SSSR count). The molecule has 0 aliphatic rings. The van der Waals surface area contributed by atoms with Crippen molar-refractivity contribution in [2.75, 3.05) is 26.9 Å². The first-order valence-electron chi connectivity index (χ1n) is 32.8. The molecular weight excluding hydrogens is 1020 g/mol. The van der Waals surface area contributed by atoms with Crippen molar-refractivity contribution in [3.05, 3.63) is 107 Å². The van der Waals surface area contributed by atoms with E-state index in [1.165, 1.54) is 123 Å². The van der Waals surface area contributed by atoms with Crippen molar-refractivity contribution in [3.63, 3.8) is 0 Å². The van der Waals surface area contributed by atoms with Crippen molar-refractivity contribution in [2.45, 2.75) is 238 Å². The van der Waals surface area contributed by atoms with Crippen molar-refractivity contribution in [3.8, 4) is 34.5 Å². The lowest BCUT2D eigenvalue weighted by Crippen LogP contribution is -2.08. The Labute approximate surface area is 501 Å². The van der Waals surface area contributed by atoms with Gasteiger partial charge in [0.25, 0.3) is 0 Å². The Morgan fingerprint density at radius 1 is 0.329 bits per heavy atom. The summed E-state index contributed by atoms with van der Waals surface area (Å²) in [7, 11) is 1.38. The largest absolute Gasteiger partial charge is 0.494 e. The SMILES string of the molecule is COC(=O)c1cc(OCc2ccc(OCCC(C)CCCC(C)CCCC(C)C)cc2)c(OCc2ccc(OCCC(C)CCCC(C)CCCC(C)C)cc2)c(OCc2ccc(OCCC(C)CCCC(C)CCCC(C)C)cc2)c1. The van der Waals surface area contributed by atoms with Gasteiger partial charge in [-0.2, -0.15) is 0 Å². The molecule has 0 heterocycles. The fourth-order valence-corrected chi connectivity index (χ4v) is 10.8. The molecule has 0 aliphatic carbocycles. The van der Waals surface area contributed by atoms with Gasteiger partial charge in [0.15, 0.2) is 11.5 Å². The predicted octanol–water partition coefficient (Wildman–Crippen LogP) is 21.3. The highest BCUT2D eigenvalue weighted by Crippen LogP contribution is 2.41. The summed E-state index contributed by atoms with van der Waals surface area (Å²) in [5, 5.41) is 0. The summed E-state index contributed by atoms with van der Waals surface area (Å²) < 4.78 is 43.6. The monoisotopic (exact) mass is 1130 g/mol. The molecule has 6 atom stereocenters. The van der Waals surface area contributed by atoms with E-state index in [1.54, 1.807) is 12.1 Å². The van der Waals surface area contributed by atoms with Gasteiger partial charge >= 0.3 is 5.97 Å². The van der Waals surface area contributed by atoms with Crippen LogP contribution in [0.4, 0.5) is 0 Å². The fraction of sp³-hybridized carbons (Fsp3) is 0.662. The first-order chi connectivity index (χ1) is 39.5. The van der Waals surface area contributed by atoms with E-state index in [4.69, 9.17) is 33.2 Å². The van der Waals surface area contributed by atoms with Crippen LogP contribution in [-0.2, 0) is 24.6 Å². The molecule has 0 spiro atoms. The number of esters is 1. The van der Waals surface area contributed by atoms with Crippen molar-refractivity contribution in [1.82, 2.24) is 0 Å². The second kappa shape index (κ2) is 40.4. The van der Waals surface area contributed by atoms with E-state index in [-0.39, 0.29) is 19.8 Å². The van der Waals surface area contributed by atoms with Crippen LogP contribution >= 0.6 is 0 Å². The molecule has 4 aromatic carbocycles. The van der Waals surface area contributed by atoms with Gasteiger partial charge < -0.3 is 33.2 Å². The molecular formula is C74H116O8. The Kier molecular flexibility index (Phi) is 34.3. The lowest BCUT2D eigenvalue weighted by molar-refractivity contribution is 0.0599. The van der Waals surface area contributed by atoms with Crippen molar-refractivity contribution >= 4 is 5.97 Å². The summed E-state index contributed by atoms with van der Waals surface area (Å²) >= 11 is 0. The summed E-state index contributed by atoms with van der Waals surface area (Å²) in [5.74, 6) is 9.84. The molecule has 0 bridgehead atoms. The zero-order valence-electron chi connectivity index (χ0n) is 54.1. The van der Waals surface area contributed by atoms with Crippen molar-refractivity contribution in [1.29, 1.82) is 0 Å². The summed E-state index contributed by atoms with van der Waals surface area (Å²) in [6.07, 6.45) is 26.7. The van der Waals surface area contributed by atoms with Gasteiger partial charge in [0.1, 0.15) is 37.1 Å². The van der Waals surface area contributed by atoms with Gasteiger partial charge in [0.2, 0.25) is 5.75 Å². The Balaban J connectivity index is 1.38. The second-order valence-corrected chi connectivity index (χ2v) is 26.4. The first-order valence-corrected chi connectivity index (χ1v) is 32.8. The quantitative estimate of drug-likeness (QED) is 0.0405. The standard InChI is InChI=1S/C74H116O8/c1-55(2)20-14-23-58(7)26-17-29-61(10)44-47-77-68-38-32-64(33-39-68)52-80-71-50-67(74(75)76-13)51-72(81-53-65-34-40-69(41-35-65)78-48-45-62(11)30-18-27-59(8)24-15-21-56(3)4)73(71)82-54-66-36-42-70(43-37-66)79-49-46-63(12)31-19-28-60(9)25-16-22-57(5)6/h32-43,50-51,55-63H,14-31,44-49,52-54H2,1-13H3. The molecule has 0 aliphatic heterocycles. The van der Waals surface area contributed by atoms with E-state index in [0.29, 0.717) is 60.4 Å². The van der Waals surface area contributed by atoms with Crippen LogP contribution in [0.2, 0.25) is 0 Å². The van der Waals surface area contributed by atoms with Gasteiger partial charge in [-0.15, -0.1) is 0 Å². The molecule has 0 saturated heterocycles. The minimum atomic E-state index is -0.502. The van der Waals surface area contributed by atoms with Crippen LogP contribution in [0.15, 0.2) is 84.9 Å². The topological polar surface area (TPSA) is 81.7 Å². The number of rotatable bonds is 46. The number of benzene rings is 4. The molecule has 0 N–H and O–H groups in total. The number of carbonyl (C=O) groups is 1. The van der Waals surface area contributed by atoms with Gasteiger partial charge in [-0.25, -0.2) is 4.79 Å². The minimum Gasteiger partial charge on any atom is -0.494 e. The van der Waals surface area contributed by atoms with Gasteiger partial charge in [0, 0.05) is 0 Å². The Morgan fingerprint density at radius 2 is 0.585 bits per heavy atom. The van der Waals surface area contributed by atoms with E-state index in [2.05, 4.69) is 83.1 Å². The molecule has 0 fully saturated rings. The average Bonchev–Trinajstić information content (AvgIpc) is 3.44. The van der Waals surface area contributed by atoms with Gasteiger partial charge in [-0.1, -0.05) is 235 Å². The smallest absolute Gasteiger partial charge is 0.338 e. The Hall–Kier alpha value is -4.85. The van der Waals surface area contributed by atoms with Crippen LogP contribution in [0.1, 0.15) is 245 Å². The number of methoxy groups -OCH3 is 1. The number of ether oxygens (including phenoxy) is 7. The highest BCUT2D eigenvalue weighted by Gasteiger charge is 2.21. The van der Waals surface area contributed by atoms with Gasteiger partial charge in [0.05, 0.1) is 32.5 Å². The van der Waals surface area contributed by atoms with Gasteiger partial charge in [-0.3, -0.25) is 0 Å². The maximum atomic E-state index is 13.2. The highest BCUT2D eigenvalue weighted by atomic mass is 16.5. The average molecular weight is 1130 g/mol. The van der Waals surface area contributed by atoms with E-state index in [0.717, 1.165) is 88.7 Å². The van der Waals surface area contributed by atoms with Crippen LogP contribution in [0.5, 0.6) is 34.5 Å². The van der Waals surface area contributed by atoms with Crippen molar-refractivity contribution < 1.29 is 38.0 Å². The molecule has 6 unspecified atom stereocenters. The van der Waals surface area contributed by atoms with Crippen LogP contribution in [0.3, 0.4) is 0 Å². The number of hydrogen-bond acceptors (Lipinski definition) is 8.